The van der Waals surface area contributed by atoms with Crippen molar-refractivity contribution < 1.29 is 35.9 Å². The predicted octanol–water partition coefficient (Wildman–Crippen LogP) is 4.72. The second kappa shape index (κ2) is 8.91. The summed E-state index contributed by atoms with van der Waals surface area (Å²) in [7, 11) is 0. The van der Waals surface area contributed by atoms with E-state index in [4.69, 9.17) is 5.73 Å². The van der Waals surface area contributed by atoms with Crippen molar-refractivity contribution in [3.8, 4) is 0 Å². The zero-order valence-corrected chi connectivity index (χ0v) is 16.4. The van der Waals surface area contributed by atoms with Crippen molar-refractivity contribution in [1.82, 2.24) is 10.0 Å². The number of hydrogen-bond donors (Lipinski definition) is 1. The number of hydrogen-bond acceptors (Lipinski definition) is 2. The van der Waals surface area contributed by atoms with Gasteiger partial charge in [0.15, 0.2) is 6.04 Å². The molecular formula is C18H23F6N3O2. The SMILES string of the molecule is CCC(N(C(N)=O)N(C(=O)c1cc(C)cc(C)c1)C(CC)C(F)(F)F)C(F)(F)F. The second-order valence-electron chi connectivity index (χ2n) is 6.64. The molecule has 164 valence electrons. The highest BCUT2D eigenvalue weighted by Crippen LogP contribution is 2.35. The minimum Gasteiger partial charge on any atom is -0.350 e. The van der Waals surface area contributed by atoms with Crippen LogP contribution in [0.3, 0.4) is 0 Å². The third kappa shape index (κ3) is 5.77. The van der Waals surface area contributed by atoms with Crippen LogP contribution in [0.5, 0.6) is 0 Å². The van der Waals surface area contributed by atoms with Gasteiger partial charge >= 0.3 is 18.4 Å². The number of nitrogens with two attached hydrogens (primary N) is 1. The molecule has 0 fully saturated rings. The number of primary amides is 1. The Balaban J connectivity index is 3.73. The summed E-state index contributed by atoms with van der Waals surface area (Å²) in [4.78, 5) is 24.9. The van der Waals surface area contributed by atoms with E-state index >= 15 is 0 Å². The Kier molecular flexibility index (Phi) is 7.55. The molecule has 2 N–H and O–H groups in total. The van der Waals surface area contributed by atoms with E-state index < -0.39 is 49.2 Å². The standard InChI is InChI=1S/C18H23F6N3O2/c1-5-13(17(19,20)21)26(15(28)12-8-10(3)7-11(4)9-12)27(16(25)29)14(6-2)18(22,23)24/h7-9,13-14H,5-6H2,1-4H3,(H2,25,29). The molecule has 29 heavy (non-hydrogen) atoms. The van der Waals surface area contributed by atoms with Gasteiger partial charge in [0.05, 0.1) is 0 Å². The van der Waals surface area contributed by atoms with Crippen molar-refractivity contribution in [2.45, 2.75) is 65.0 Å². The van der Waals surface area contributed by atoms with Crippen molar-refractivity contribution in [2.75, 3.05) is 0 Å². The molecule has 3 amide bonds. The number of halogens is 6. The highest BCUT2D eigenvalue weighted by Gasteiger charge is 2.53. The molecule has 0 spiro atoms. The molecule has 0 radical (unpaired) electrons. The molecule has 0 aliphatic carbocycles. The van der Waals surface area contributed by atoms with Crippen LogP contribution in [0.4, 0.5) is 31.1 Å². The van der Waals surface area contributed by atoms with Crippen LogP contribution in [-0.4, -0.2) is 46.4 Å². The number of carbonyl (C=O) groups is 2. The van der Waals surface area contributed by atoms with Gasteiger partial charge < -0.3 is 5.73 Å². The van der Waals surface area contributed by atoms with Crippen LogP contribution in [-0.2, 0) is 0 Å². The van der Waals surface area contributed by atoms with E-state index in [0.29, 0.717) is 11.1 Å². The lowest BCUT2D eigenvalue weighted by molar-refractivity contribution is -0.239. The molecule has 11 heteroatoms. The molecule has 1 aromatic carbocycles. The highest BCUT2D eigenvalue weighted by molar-refractivity contribution is 5.96. The fraction of sp³-hybridized carbons (Fsp3) is 0.556. The Labute approximate surface area is 164 Å². The van der Waals surface area contributed by atoms with Crippen molar-refractivity contribution in [3.63, 3.8) is 0 Å². The predicted molar refractivity (Wildman–Crippen MR) is 93.8 cm³/mol. The largest absolute Gasteiger partial charge is 0.410 e. The number of amides is 3. The molecule has 5 nitrogen and oxygen atoms in total. The number of aryl methyl sites for hydroxylation is 2. The van der Waals surface area contributed by atoms with Gasteiger partial charge in [0.2, 0.25) is 0 Å². The second-order valence-corrected chi connectivity index (χ2v) is 6.64. The summed E-state index contributed by atoms with van der Waals surface area (Å²) in [6, 6.07) is -3.09. The van der Waals surface area contributed by atoms with E-state index in [1.807, 2.05) is 0 Å². The number of benzene rings is 1. The molecular weight excluding hydrogens is 404 g/mol. The van der Waals surface area contributed by atoms with Gasteiger partial charge in [0, 0.05) is 5.56 Å². The summed E-state index contributed by atoms with van der Waals surface area (Å²) < 4.78 is 81.4. The number of urea groups is 1. The first-order chi connectivity index (χ1) is 13.1. The molecule has 0 aromatic heterocycles. The first-order valence-corrected chi connectivity index (χ1v) is 8.78. The normalized spacial score (nSPS) is 14.3. The van der Waals surface area contributed by atoms with Crippen LogP contribution in [0.2, 0.25) is 0 Å². The summed E-state index contributed by atoms with van der Waals surface area (Å²) in [6.45, 7) is 5.23. The topological polar surface area (TPSA) is 66.6 Å². The number of rotatable bonds is 5. The lowest BCUT2D eigenvalue weighted by Gasteiger charge is -2.43. The summed E-state index contributed by atoms with van der Waals surface area (Å²) in [5, 5.41) is -0.514. The van der Waals surface area contributed by atoms with Gasteiger partial charge in [-0.2, -0.15) is 26.3 Å². The average molecular weight is 427 g/mol. The Morgan fingerprint density at radius 1 is 0.862 bits per heavy atom. The van der Waals surface area contributed by atoms with Crippen LogP contribution in [0, 0.1) is 13.8 Å². The van der Waals surface area contributed by atoms with Gasteiger partial charge in [-0.1, -0.05) is 31.0 Å². The van der Waals surface area contributed by atoms with Gasteiger partial charge in [0.25, 0.3) is 5.91 Å². The Morgan fingerprint density at radius 2 is 1.24 bits per heavy atom. The molecule has 0 saturated carbocycles. The van der Waals surface area contributed by atoms with Crippen LogP contribution in [0.15, 0.2) is 18.2 Å². The van der Waals surface area contributed by atoms with Gasteiger partial charge in [-0.25, -0.2) is 14.8 Å². The van der Waals surface area contributed by atoms with Gasteiger partial charge in [-0.15, -0.1) is 0 Å². The van der Waals surface area contributed by atoms with E-state index in [0.717, 1.165) is 13.8 Å². The summed E-state index contributed by atoms with van der Waals surface area (Å²) in [6.07, 6.45) is -11.8. The molecule has 2 unspecified atom stereocenters. The van der Waals surface area contributed by atoms with E-state index in [1.165, 1.54) is 12.1 Å². The third-order valence-electron chi connectivity index (χ3n) is 4.25. The minimum absolute atomic E-state index is 0.196. The van der Waals surface area contributed by atoms with Crippen LogP contribution in [0.1, 0.15) is 48.2 Å². The zero-order valence-electron chi connectivity index (χ0n) is 16.4. The molecule has 2 atom stereocenters. The van der Waals surface area contributed by atoms with Crippen molar-refractivity contribution >= 4 is 11.9 Å². The highest BCUT2D eigenvalue weighted by atomic mass is 19.4. The monoisotopic (exact) mass is 427 g/mol. The summed E-state index contributed by atoms with van der Waals surface area (Å²) in [5.74, 6) is -1.40. The first kappa shape index (κ1) is 24.6. The van der Waals surface area contributed by atoms with Gasteiger partial charge in [0.1, 0.15) is 6.04 Å². The number of hydrazine groups is 1. The maximum Gasteiger partial charge on any atom is 0.410 e. The van der Waals surface area contributed by atoms with E-state index in [1.54, 1.807) is 19.9 Å². The molecule has 0 heterocycles. The molecule has 0 aliphatic heterocycles. The molecule has 0 bridgehead atoms. The van der Waals surface area contributed by atoms with Crippen LogP contribution >= 0.6 is 0 Å². The first-order valence-electron chi connectivity index (χ1n) is 8.78. The molecule has 0 aliphatic rings. The van der Waals surface area contributed by atoms with Crippen LogP contribution in [0.25, 0.3) is 0 Å². The third-order valence-corrected chi connectivity index (χ3v) is 4.25. The number of alkyl halides is 6. The minimum atomic E-state index is -5.10. The van der Waals surface area contributed by atoms with Crippen molar-refractivity contribution in [2.24, 2.45) is 5.73 Å². The lowest BCUT2D eigenvalue weighted by Crippen LogP contribution is -2.65. The zero-order chi connectivity index (χ0) is 22.7. The quantitative estimate of drug-likeness (QED) is 0.546. The number of nitrogens with zero attached hydrogens (tertiary/aromatic N) is 2. The van der Waals surface area contributed by atoms with Gasteiger partial charge in [-0.05, 0) is 38.8 Å². The average Bonchev–Trinajstić information content (AvgIpc) is 2.53. The Hall–Kier alpha value is -2.46. The van der Waals surface area contributed by atoms with Crippen molar-refractivity contribution in [3.05, 3.63) is 34.9 Å². The fourth-order valence-corrected chi connectivity index (χ4v) is 3.12. The van der Waals surface area contributed by atoms with Crippen molar-refractivity contribution in [1.29, 1.82) is 0 Å². The maximum atomic E-state index is 13.6. The van der Waals surface area contributed by atoms with Gasteiger partial charge in [-0.3, -0.25) is 4.79 Å². The van der Waals surface area contributed by atoms with E-state index in [9.17, 15) is 35.9 Å². The lowest BCUT2D eigenvalue weighted by atomic mass is 10.1. The van der Waals surface area contributed by atoms with E-state index in [-0.39, 0.29) is 15.6 Å². The Morgan fingerprint density at radius 3 is 1.55 bits per heavy atom. The Bertz CT molecular complexity index is 728. The molecule has 1 aromatic rings. The number of carbonyl (C=O) groups excluding carboxylic acids is 2. The molecule has 1 rings (SSSR count). The molecule has 0 saturated heterocycles. The maximum absolute atomic E-state index is 13.6. The van der Waals surface area contributed by atoms with E-state index in [2.05, 4.69) is 0 Å². The smallest absolute Gasteiger partial charge is 0.350 e. The summed E-state index contributed by atoms with van der Waals surface area (Å²) >= 11 is 0. The van der Waals surface area contributed by atoms with Crippen LogP contribution < -0.4 is 5.73 Å². The summed E-state index contributed by atoms with van der Waals surface area (Å²) in [5.41, 5.74) is 5.80. The fourth-order valence-electron chi connectivity index (χ4n) is 3.12.